The van der Waals surface area contributed by atoms with Gasteiger partial charge in [0, 0.05) is 13.0 Å². The molecule has 1 amide bonds. The van der Waals surface area contributed by atoms with Crippen molar-refractivity contribution in [3.8, 4) is 0 Å². The van der Waals surface area contributed by atoms with Crippen LogP contribution in [0.2, 0.25) is 0 Å². The van der Waals surface area contributed by atoms with Crippen molar-refractivity contribution in [2.45, 2.75) is 65.2 Å². The third-order valence-electron chi connectivity index (χ3n) is 5.43. The molecule has 126 valence electrons. The van der Waals surface area contributed by atoms with E-state index in [0.717, 1.165) is 23.8 Å². The van der Waals surface area contributed by atoms with Crippen LogP contribution in [0.25, 0.3) is 0 Å². The zero-order valence-electron chi connectivity index (χ0n) is 14.4. The third-order valence-corrected chi connectivity index (χ3v) is 5.43. The fraction of sp³-hybridized carbons (Fsp3) is 0.650. The molecule has 2 saturated carbocycles. The second kappa shape index (κ2) is 7.48. The molecule has 0 heterocycles. The number of hydrogen-bond acceptors (Lipinski definition) is 2. The molecule has 0 aromatic heterocycles. The molecule has 0 unspecified atom stereocenters. The Kier molecular flexibility index (Phi) is 5.37. The minimum Gasteiger partial charge on any atom is -0.374 e. The van der Waals surface area contributed by atoms with Crippen LogP contribution in [0.3, 0.4) is 0 Å². The lowest BCUT2D eigenvalue weighted by Crippen LogP contribution is -2.26. The largest absolute Gasteiger partial charge is 0.374 e. The van der Waals surface area contributed by atoms with Gasteiger partial charge in [-0.25, -0.2) is 0 Å². The number of fused-ring (bicyclic) bond motifs is 2. The summed E-state index contributed by atoms with van der Waals surface area (Å²) in [6.07, 6.45) is 6.37. The summed E-state index contributed by atoms with van der Waals surface area (Å²) in [6, 6.07) is 8.33. The Morgan fingerprint density at radius 2 is 1.91 bits per heavy atom. The van der Waals surface area contributed by atoms with Gasteiger partial charge in [0.15, 0.2) is 0 Å². The van der Waals surface area contributed by atoms with Gasteiger partial charge in [0.05, 0.1) is 12.7 Å². The Labute approximate surface area is 139 Å². The summed E-state index contributed by atoms with van der Waals surface area (Å²) >= 11 is 0. The molecule has 0 spiro atoms. The molecular formula is C20H29NO2. The highest BCUT2D eigenvalue weighted by Crippen LogP contribution is 2.49. The lowest BCUT2D eigenvalue weighted by molar-refractivity contribution is -0.122. The second-order valence-electron chi connectivity index (χ2n) is 7.59. The van der Waals surface area contributed by atoms with Crippen molar-refractivity contribution >= 4 is 5.91 Å². The van der Waals surface area contributed by atoms with E-state index in [1.54, 1.807) is 0 Å². The van der Waals surface area contributed by atoms with Gasteiger partial charge in [-0.3, -0.25) is 4.79 Å². The average molecular weight is 315 g/mol. The summed E-state index contributed by atoms with van der Waals surface area (Å²) in [6.45, 7) is 5.36. The molecule has 2 aliphatic carbocycles. The molecule has 1 N–H and O–H groups in total. The van der Waals surface area contributed by atoms with Gasteiger partial charge in [-0.05, 0) is 62.0 Å². The normalized spacial score (nSPS) is 26.0. The highest BCUT2D eigenvalue weighted by atomic mass is 16.5. The number of hydrogen-bond donors (Lipinski definition) is 1. The van der Waals surface area contributed by atoms with Gasteiger partial charge < -0.3 is 10.1 Å². The van der Waals surface area contributed by atoms with E-state index < -0.39 is 0 Å². The first-order valence-electron chi connectivity index (χ1n) is 9.06. The van der Waals surface area contributed by atoms with E-state index in [1.807, 2.05) is 13.8 Å². The standard InChI is InChI=1S/C20H29NO2/c1-14(2)23-13-16-5-3-15(4-6-16)12-21-20(22)11-19-10-17-7-8-18(19)9-17/h3-6,14,17-19H,7-13H2,1-2H3,(H,21,22)/t17-,18-,19+/m0/s1. The molecule has 3 rings (SSSR count). The number of nitrogens with one attached hydrogen (secondary N) is 1. The fourth-order valence-corrected chi connectivity index (χ4v) is 4.15. The molecule has 1 aromatic rings. The van der Waals surface area contributed by atoms with E-state index in [9.17, 15) is 4.79 Å². The molecule has 3 nitrogen and oxygen atoms in total. The fourth-order valence-electron chi connectivity index (χ4n) is 4.15. The Morgan fingerprint density at radius 1 is 1.17 bits per heavy atom. The lowest BCUT2D eigenvalue weighted by atomic mass is 9.86. The highest BCUT2D eigenvalue weighted by molar-refractivity contribution is 5.76. The van der Waals surface area contributed by atoms with Crippen molar-refractivity contribution in [3.63, 3.8) is 0 Å². The summed E-state index contributed by atoms with van der Waals surface area (Å²) in [5.41, 5.74) is 2.33. The smallest absolute Gasteiger partial charge is 0.220 e. The molecule has 1 aromatic carbocycles. The van der Waals surface area contributed by atoms with Crippen molar-refractivity contribution in [2.75, 3.05) is 0 Å². The summed E-state index contributed by atoms with van der Waals surface area (Å²) < 4.78 is 5.59. The Bertz CT molecular complexity index is 523. The molecule has 3 atom stereocenters. The zero-order chi connectivity index (χ0) is 16.2. The van der Waals surface area contributed by atoms with Crippen LogP contribution in [0.5, 0.6) is 0 Å². The highest BCUT2D eigenvalue weighted by Gasteiger charge is 2.39. The van der Waals surface area contributed by atoms with Crippen LogP contribution in [-0.4, -0.2) is 12.0 Å². The van der Waals surface area contributed by atoms with E-state index >= 15 is 0 Å². The molecule has 3 heteroatoms. The van der Waals surface area contributed by atoms with E-state index in [2.05, 4.69) is 29.6 Å². The topological polar surface area (TPSA) is 38.3 Å². The lowest BCUT2D eigenvalue weighted by Gasteiger charge is -2.20. The molecule has 2 bridgehead atoms. The van der Waals surface area contributed by atoms with Crippen LogP contribution >= 0.6 is 0 Å². The number of rotatable bonds is 7. The molecule has 0 radical (unpaired) electrons. The van der Waals surface area contributed by atoms with Crippen molar-refractivity contribution < 1.29 is 9.53 Å². The molecule has 23 heavy (non-hydrogen) atoms. The van der Waals surface area contributed by atoms with Crippen LogP contribution < -0.4 is 5.32 Å². The quantitative estimate of drug-likeness (QED) is 0.824. The van der Waals surface area contributed by atoms with Crippen LogP contribution in [-0.2, 0) is 22.7 Å². The third kappa shape index (κ3) is 4.57. The molecule has 0 aliphatic heterocycles. The Hall–Kier alpha value is -1.35. The summed E-state index contributed by atoms with van der Waals surface area (Å²) in [5.74, 6) is 2.60. The van der Waals surface area contributed by atoms with Gasteiger partial charge in [0.2, 0.25) is 5.91 Å². The van der Waals surface area contributed by atoms with Gasteiger partial charge in [-0.15, -0.1) is 0 Å². The maximum absolute atomic E-state index is 12.2. The number of ether oxygens (including phenoxy) is 1. The van der Waals surface area contributed by atoms with Gasteiger partial charge in [0.1, 0.15) is 0 Å². The van der Waals surface area contributed by atoms with Gasteiger partial charge in [-0.1, -0.05) is 30.7 Å². The van der Waals surface area contributed by atoms with Crippen LogP contribution in [0.1, 0.15) is 57.1 Å². The van der Waals surface area contributed by atoms with E-state index in [1.165, 1.54) is 31.2 Å². The molecule has 2 aliphatic rings. The van der Waals surface area contributed by atoms with Gasteiger partial charge >= 0.3 is 0 Å². The number of carbonyl (C=O) groups is 1. The summed E-state index contributed by atoms with van der Waals surface area (Å²) in [5, 5.41) is 3.08. The minimum atomic E-state index is 0.217. The maximum atomic E-state index is 12.2. The maximum Gasteiger partial charge on any atom is 0.220 e. The summed E-state index contributed by atoms with van der Waals surface area (Å²) in [7, 11) is 0. The Morgan fingerprint density at radius 3 is 2.52 bits per heavy atom. The van der Waals surface area contributed by atoms with Crippen LogP contribution in [0.4, 0.5) is 0 Å². The zero-order valence-corrected chi connectivity index (χ0v) is 14.4. The summed E-state index contributed by atoms with van der Waals surface area (Å²) in [4.78, 5) is 12.2. The first-order chi connectivity index (χ1) is 11.1. The predicted octanol–water partition coefficient (Wildman–Crippen LogP) is 4.05. The van der Waals surface area contributed by atoms with Crippen LogP contribution in [0.15, 0.2) is 24.3 Å². The number of benzene rings is 1. The average Bonchev–Trinajstić information content (AvgIpc) is 3.14. The van der Waals surface area contributed by atoms with Crippen molar-refractivity contribution in [1.82, 2.24) is 5.32 Å². The van der Waals surface area contributed by atoms with Gasteiger partial charge in [0.25, 0.3) is 0 Å². The predicted molar refractivity (Wildman–Crippen MR) is 91.8 cm³/mol. The van der Waals surface area contributed by atoms with Crippen molar-refractivity contribution in [3.05, 3.63) is 35.4 Å². The first kappa shape index (κ1) is 16.5. The van der Waals surface area contributed by atoms with E-state index in [-0.39, 0.29) is 12.0 Å². The number of amides is 1. The monoisotopic (exact) mass is 315 g/mol. The van der Waals surface area contributed by atoms with Crippen molar-refractivity contribution in [2.24, 2.45) is 17.8 Å². The molecule has 2 fully saturated rings. The number of carbonyl (C=O) groups excluding carboxylic acids is 1. The first-order valence-corrected chi connectivity index (χ1v) is 9.06. The second-order valence-corrected chi connectivity index (χ2v) is 7.59. The van der Waals surface area contributed by atoms with E-state index in [4.69, 9.17) is 4.74 Å². The van der Waals surface area contributed by atoms with E-state index in [0.29, 0.717) is 19.1 Å². The van der Waals surface area contributed by atoms with Crippen molar-refractivity contribution in [1.29, 1.82) is 0 Å². The molecule has 0 saturated heterocycles. The SMILES string of the molecule is CC(C)OCc1ccc(CNC(=O)C[C@H]2C[C@H]3CC[C@H]2C3)cc1. The molecular weight excluding hydrogens is 286 g/mol. The van der Waals surface area contributed by atoms with Crippen LogP contribution in [0, 0.1) is 17.8 Å². The minimum absolute atomic E-state index is 0.217. The van der Waals surface area contributed by atoms with Gasteiger partial charge in [-0.2, -0.15) is 0 Å². The Balaban J connectivity index is 1.40.